The molecule has 1 aromatic carbocycles. The molecule has 96 valence electrons. The Morgan fingerprint density at radius 2 is 2.06 bits per heavy atom. The van der Waals surface area contributed by atoms with Crippen LogP contribution in [0.4, 0.5) is 5.69 Å². The number of nitrogens with zero attached hydrogens (tertiary/aromatic N) is 1. The van der Waals surface area contributed by atoms with Gasteiger partial charge in [-0.1, -0.05) is 18.2 Å². The number of hydrogen-bond donors (Lipinski definition) is 1. The van der Waals surface area contributed by atoms with Crippen molar-refractivity contribution >= 4 is 5.69 Å². The van der Waals surface area contributed by atoms with Crippen LogP contribution in [0.15, 0.2) is 47.3 Å². The van der Waals surface area contributed by atoms with E-state index in [2.05, 4.69) is 36.2 Å². The first-order valence-electron chi connectivity index (χ1n) is 6.22. The van der Waals surface area contributed by atoms with Crippen LogP contribution in [-0.2, 0) is 13.0 Å². The summed E-state index contributed by atoms with van der Waals surface area (Å²) in [5.41, 5.74) is 9.59. The smallest absolute Gasteiger partial charge is 0.0952 e. The number of rotatable bonds is 5. The van der Waals surface area contributed by atoms with E-state index in [1.165, 1.54) is 16.8 Å². The first kappa shape index (κ1) is 12.7. The van der Waals surface area contributed by atoms with Gasteiger partial charge in [0.05, 0.1) is 12.5 Å². The molecule has 0 saturated heterocycles. The molecule has 1 heterocycles. The predicted octanol–water partition coefficient (Wildman–Crippen LogP) is 2.81. The first-order valence-corrected chi connectivity index (χ1v) is 6.22. The Morgan fingerprint density at radius 1 is 1.28 bits per heavy atom. The average molecular weight is 244 g/mol. The maximum atomic E-state index is 5.90. The van der Waals surface area contributed by atoms with Gasteiger partial charge in [-0.05, 0) is 31.0 Å². The van der Waals surface area contributed by atoms with E-state index in [-0.39, 0.29) is 6.04 Å². The number of para-hydroxylation sites is 1. The van der Waals surface area contributed by atoms with Crippen LogP contribution < -0.4 is 10.6 Å². The number of benzene rings is 1. The molecule has 1 aromatic heterocycles. The number of nitrogens with two attached hydrogens (primary N) is 1. The van der Waals surface area contributed by atoms with Gasteiger partial charge in [-0.15, -0.1) is 0 Å². The van der Waals surface area contributed by atoms with Gasteiger partial charge in [-0.3, -0.25) is 0 Å². The van der Waals surface area contributed by atoms with E-state index in [0.717, 1.165) is 13.0 Å². The highest BCUT2D eigenvalue weighted by molar-refractivity contribution is 5.53. The third kappa shape index (κ3) is 3.14. The third-order valence-electron chi connectivity index (χ3n) is 2.94. The normalized spacial score (nSPS) is 12.4. The van der Waals surface area contributed by atoms with E-state index < -0.39 is 0 Å². The van der Waals surface area contributed by atoms with Crippen molar-refractivity contribution in [1.82, 2.24) is 0 Å². The van der Waals surface area contributed by atoms with Crippen molar-refractivity contribution in [2.75, 3.05) is 11.9 Å². The Labute approximate surface area is 108 Å². The Morgan fingerprint density at radius 3 is 2.72 bits per heavy atom. The van der Waals surface area contributed by atoms with Crippen molar-refractivity contribution in [3.8, 4) is 0 Å². The van der Waals surface area contributed by atoms with Crippen molar-refractivity contribution in [2.45, 2.75) is 25.9 Å². The molecule has 0 aliphatic heterocycles. The van der Waals surface area contributed by atoms with Gasteiger partial charge < -0.3 is 15.1 Å². The van der Waals surface area contributed by atoms with Gasteiger partial charge in [0.15, 0.2) is 0 Å². The van der Waals surface area contributed by atoms with Crippen LogP contribution in [0.5, 0.6) is 0 Å². The highest BCUT2D eigenvalue weighted by Crippen LogP contribution is 2.22. The maximum absolute atomic E-state index is 5.90. The molecular formula is C15H20N2O. The maximum Gasteiger partial charge on any atom is 0.0952 e. The van der Waals surface area contributed by atoms with E-state index in [1.54, 1.807) is 12.5 Å². The fraction of sp³-hybridized carbons (Fsp3) is 0.333. The predicted molar refractivity (Wildman–Crippen MR) is 74.6 cm³/mol. The Kier molecular flexibility index (Phi) is 4.05. The topological polar surface area (TPSA) is 42.4 Å². The summed E-state index contributed by atoms with van der Waals surface area (Å²) in [7, 11) is 2.09. The summed E-state index contributed by atoms with van der Waals surface area (Å²) >= 11 is 0. The van der Waals surface area contributed by atoms with Crippen molar-refractivity contribution in [1.29, 1.82) is 0 Å². The van der Waals surface area contributed by atoms with Crippen LogP contribution in [0.25, 0.3) is 0 Å². The molecule has 0 spiro atoms. The SMILES string of the molecule is CC(N)Cc1ccccc1N(C)Cc1ccoc1. The first-order chi connectivity index (χ1) is 8.66. The molecule has 1 unspecified atom stereocenters. The van der Waals surface area contributed by atoms with Crippen molar-refractivity contribution in [3.05, 3.63) is 54.0 Å². The van der Waals surface area contributed by atoms with Gasteiger partial charge in [-0.25, -0.2) is 0 Å². The lowest BCUT2D eigenvalue weighted by molar-refractivity contribution is 0.563. The van der Waals surface area contributed by atoms with Gasteiger partial charge in [0.1, 0.15) is 0 Å². The minimum atomic E-state index is 0.175. The van der Waals surface area contributed by atoms with Gasteiger partial charge in [0.2, 0.25) is 0 Å². The van der Waals surface area contributed by atoms with Gasteiger partial charge >= 0.3 is 0 Å². The van der Waals surface area contributed by atoms with E-state index in [1.807, 2.05) is 13.0 Å². The van der Waals surface area contributed by atoms with E-state index in [0.29, 0.717) is 0 Å². The molecule has 2 aromatic rings. The van der Waals surface area contributed by atoms with Crippen LogP contribution >= 0.6 is 0 Å². The fourth-order valence-electron chi connectivity index (χ4n) is 2.14. The summed E-state index contributed by atoms with van der Waals surface area (Å²) in [6.45, 7) is 2.87. The van der Waals surface area contributed by atoms with Gasteiger partial charge in [0, 0.05) is 30.9 Å². The summed E-state index contributed by atoms with van der Waals surface area (Å²) in [5.74, 6) is 0. The molecule has 0 aliphatic rings. The summed E-state index contributed by atoms with van der Waals surface area (Å²) < 4.78 is 5.10. The lowest BCUT2D eigenvalue weighted by atomic mass is 10.0. The standard InChI is InChI=1S/C15H20N2O/c1-12(16)9-14-5-3-4-6-15(14)17(2)10-13-7-8-18-11-13/h3-8,11-12H,9-10,16H2,1-2H3. The summed E-state index contributed by atoms with van der Waals surface area (Å²) in [5, 5.41) is 0. The monoisotopic (exact) mass is 244 g/mol. The van der Waals surface area contributed by atoms with Crippen LogP contribution in [0.3, 0.4) is 0 Å². The molecule has 3 heteroatoms. The molecule has 2 N–H and O–H groups in total. The molecule has 3 nitrogen and oxygen atoms in total. The van der Waals surface area contributed by atoms with Crippen LogP contribution in [-0.4, -0.2) is 13.1 Å². The lowest BCUT2D eigenvalue weighted by Crippen LogP contribution is -2.22. The van der Waals surface area contributed by atoms with Gasteiger partial charge in [0.25, 0.3) is 0 Å². The zero-order chi connectivity index (χ0) is 13.0. The van der Waals surface area contributed by atoms with Crippen molar-refractivity contribution in [2.24, 2.45) is 5.73 Å². The van der Waals surface area contributed by atoms with Crippen LogP contribution in [0.1, 0.15) is 18.1 Å². The summed E-state index contributed by atoms with van der Waals surface area (Å²) in [4.78, 5) is 2.22. The van der Waals surface area contributed by atoms with E-state index >= 15 is 0 Å². The quantitative estimate of drug-likeness (QED) is 0.879. The summed E-state index contributed by atoms with van der Waals surface area (Å²) in [6, 6.07) is 10.6. The van der Waals surface area contributed by atoms with Crippen LogP contribution in [0.2, 0.25) is 0 Å². The Balaban J connectivity index is 2.16. The molecule has 2 rings (SSSR count). The molecule has 0 amide bonds. The van der Waals surface area contributed by atoms with Crippen molar-refractivity contribution < 1.29 is 4.42 Å². The second-order valence-electron chi connectivity index (χ2n) is 4.80. The highest BCUT2D eigenvalue weighted by Gasteiger charge is 2.09. The molecular weight excluding hydrogens is 224 g/mol. The van der Waals surface area contributed by atoms with E-state index in [4.69, 9.17) is 10.2 Å². The largest absolute Gasteiger partial charge is 0.472 e. The molecule has 0 aliphatic carbocycles. The van der Waals surface area contributed by atoms with Crippen molar-refractivity contribution in [3.63, 3.8) is 0 Å². The lowest BCUT2D eigenvalue weighted by Gasteiger charge is -2.22. The minimum Gasteiger partial charge on any atom is -0.472 e. The highest BCUT2D eigenvalue weighted by atomic mass is 16.3. The molecule has 0 fully saturated rings. The third-order valence-corrected chi connectivity index (χ3v) is 2.94. The molecule has 0 saturated carbocycles. The molecule has 0 bridgehead atoms. The fourth-order valence-corrected chi connectivity index (χ4v) is 2.14. The molecule has 1 atom stereocenters. The zero-order valence-electron chi connectivity index (χ0n) is 11.0. The Bertz CT molecular complexity index is 477. The molecule has 0 radical (unpaired) electrons. The Hall–Kier alpha value is -1.74. The number of furan rings is 1. The van der Waals surface area contributed by atoms with Crippen LogP contribution in [0, 0.1) is 0 Å². The number of hydrogen-bond acceptors (Lipinski definition) is 3. The molecule has 18 heavy (non-hydrogen) atoms. The average Bonchev–Trinajstić information content (AvgIpc) is 2.81. The van der Waals surface area contributed by atoms with E-state index in [9.17, 15) is 0 Å². The number of anilines is 1. The summed E-state index contributed by atoms with van der Waals surface area (Å²) in [6.07, 6.45) is 4.38. The second kappa shape index (κ2) is 5.74. The second-order valence-corrected chi connectivity index (χ2v) is 4.80. The zero-order valence-corrected chi connectivity index (χ0v) is 11.0. The van der Waals surface area contributed by atoms with Gasteiger partial charge in [-0.2, -0.15) is 0 Å². The minimum absolute atomic E-state index is 0.175.